The lowest BCUT2D eigenvalue weighted by Gasteiger charge is -2.06. The van der Waals surface area contributed by atoms with E-state index >= 15 is 0 Å². The Morgan fingerprint density at radius 1 is 1.69 bits per heavy atom. The van der Waals surface area contributed by atoms with E-state index < -0.39 is 0 Å². The monoisotopic (exact) mass is 177 g/mol. The van der Waals surface area contributed by atoms with Crippen molar-refractivity contribution >= 4 is 11.9 Å². The molecule has 68 valence electrons. The molecule has 0 saturated heterocycles. The molecule has 0 radical (unpaired) electrons. The first-order valence-corrected chi connectivity index (χ1v) is 3.84. The van der Waals surface area contributed by atoms with E-state index in [1.165, 1.54) is 13.3 Å². The van der Waals surface area contributed by atoms with E-state index in [1.54, 1.807) is 6.07 Å². The Bertz CT molecular complexity index is 345. The number of hydrogen-bond donors (Lipinski definition) is 0. The molecule has 0 N–H and O–H groups in total. The number of allylic oxidation sites excluding steroid dienone is 1. The van der Waals surface area contributed by atoms with Gasteiger partial charge in [0.05, 0.1) is 7.11 Å². The molecule has 1 rings (SSSR count). The summed E-state index contributed by atoms with van der Waals surface area (Å²) in [5, 5.41) is 0. The molecule has 0 aliphatic heterocycles. The zero-order chi connectivity index (χ0) is 9.84. The van der Waals surface area contributed by atoms with Gasteiger partial charge in [-0.15, -0.1) is 0 Å². The Labute approximate surface area is 77.1 Å². The van der Waals surface area contributed by atoms with Crippen molar-refractivity contribution in [1.29, 1.82) is 0 Å². The van der Waals surface area contributed by atoms with Gasteiger partial charge in [-0.25, -0.2) is 4.98 Å². The average molecular weight is 177 g/mol. The summed E-state index contributed by atoms with van der Waals surface area (Å²) in [6.07, 6.45) is 2.22. The minimum atomic E-state index is 0.498. The van der Waals surface area contributed by atoms with E-state index in [1.807, 2.05) is 6.92 Å². The van der Waals surface area contributed by atoms with Gasteiger partial charge in [-0.1, -0.05) is 6.58 Å². The third kappa shape index (κ3) is 1.93. The van der Waals surface area contributed by atoms with Crippen molar-refractivity contribution in [2.75, 3.05) is 7.11 Å². The number of aldehydes is 1. The van der Waals surface area contributed by atoms with Gasteiger partial charge in [0.15, 0.2) is 6.29 Å². The minimum absolute atomic E-state index is 0.498. The van der Waals surface area contributed by atoms with E-state index in [0.29, 0.717) is 11.4 Å². The highest BCUT2D eigenvalue weighted by Gasteiger charge is 2.05. The lowest BCUT2D eigenvalue weighted by atomic mass is 10.1. The lowest BCUT2D eigenvalue weighted by Crippen LogP contribution is -1.95. The Morgan fingerprint density at radius 3 is 2.85 bits per heavy atom. The number of aromatic nitrogens is 1. The van der Waals surface area contributed by atoms with Crippen LogP contribution in [-0.4, -0.2) is 18.4 Å². The number of hydrogen-bond acceptors (Lipinski definition) is 3. The van der Waals surface area contributed by atoms with Crippen LogP contribution in [0.4, 0.5) is 0 Å². The molecule has 1 aromatic rings. The summed E-state index contributed by atoms with van der Waals surface area (Å²) in [7, 11) is 1.54. The summed E-state index contributed by atoms with van der Waals surface area (Å²) in [4.78, 5) is 14.4. The van der Waals surface area contributed by atoms with Gasteiger partial charge in [-0.2, -0.15) is 0 Å². The highest BCUT2D eigenvalue weighted by molar-refractivity contribution is 5.78. The van der Waals surface area contributed by atoms with E-state index in [4.69, 9.17) is 4.74 Å². The number of carbonyl (C=O) groups is 1. The summed E-state index contributed by atoms with van der Waals surface area (Å²) in [5.41, 5.74) is 2.12. The summed E-state index contributed by atoms with van der Waals surface area (Å²) in [6.45, 7) is 5.61. The number of ether oxygens (including phenoxy) is 1. The number of carbonyl (C=O) groups excluding carboxylic acids is 1. The van der Waals surface area contributed by atoms with Crippen molar-refractivity contribution < 1.29 is 9.53 Å². The average Bonchev–Trinajstić information content (AvgIpc) is 2.16. The molecule has 0 aromatic carbocycles. The molecule has 0 aliphatic carbocycles. The zero-order valence-corrected chi connectivity index (χ0v) is 7.70. The number of nitrogens with zero attached hydrogens (tertiary/aromatic N) is 1. The largest absolute Gasteiger partial charge is 0.481 e. The van der Waals surface area contributed by atoms with Gasteiger partial charge in [0.1, 0.15) is 0 Å². The van der Waals surface area contributed by atoms with Crippen LogP contribution in [0.3, 0.4) is 0 Å². The predicted octanol–water partition coefficient (Wildman–Crippen LogP) is 1.94. The van der Waals surface area contributed by atoms with Gasteiger partial charge in [-0.05, 0) is 18.6 Å². The molecule has 3 nitrogen and oxygen atoms in total. The van der Waals surface area contributed by atoms with Gasteiger partial charge < -0.3 is 4.74 Å². The molecular formula is C10H11NO2. The number of pyridine rings is 1. The first-order valence-electron chi connectivity index (χ1n) is 3.84. The van der Waals surface area contributed by atoms with Crippen molar-refractivity contribution in [3.05, 3.63) is 30.0 Å². The summed E-state index contributed by atoms with van der Waals surface area (Å²) in [6, 6.07) is 1.71. The van der Waals surface area contributed by atoms with Crippen LogP contribution in [0, 0.1) is 0 Å². The highest BCUT2D eigenvalue weighted by Crippen LogP contribution is 2.22. The maximum atomic E-state index is 10.5. The molecular weight excluding hydrogens is 166 g/mol. The molecule has 1 heterocycles. The van der Waals surface area contributed by atoms with Crippen LogP contribution in [0.5, 0.6) is 5.88 Å². The van der Waals surface area contributed by atoms with Gasteiger partial charge in [0.2, 0.25) is 5.88 Å². The molecule has 0 amide bonds. The highest BCUT2D eigenvalue weighted by atomic mass is 16.5. The van der Waals surface area contributed by atoms with Gasteiger partial charge in [0.25, 0.3) is 0 Å². The summed E-state index contributed by atoms with van der Waals surface area (Å²) in [5.74, 6) is 0.498. The van der Waals surface area contributed by atoms with Crippen LogP contribution < -0.4 is 4.74 Å². The molecule has 3 heteroatoms. The van der Waals surface area contributed by atoms with E-state index in [2.05, 4.69) is 11.6 Å². The second-order valence-electron chi connectivity index (χ2n) is 2.72. The molecule has 0 unspecified atom stereocenters. The summed E-state index contributed by atoms with van der Waals surface area (Å²) < 4.78 is 5.02. The smallest absolute Gasteiger partial charge is 0.220 e. The van der Waals surface area contributed by atoms with Gasteiger partial charge >= 0.3 is 0 Å². The van der Waals surface area contributed by atoms with Crippen molar-refractivity contribution in [1.82, 2.24) is 4.98 Å². The van der Waals surface area contributed by atoms with E-state index in [0.717, 1.165) is 17.4 Å². The molecule has 0 atom stereocenters. The Balaban J connectivity index is 3.25. The first-order chi connectivity index (χ1) is 6.19. The van der Waals surface area contributed by atoms with Crippen molar-refractivity contribution in [2.24, 2.45) is 0 Å². The second-order valence-corrected chi connectivity index (χ2v) is 2.72. The lowest BCUT2D eigenvalue weighted by molar-refractivity contribution is 0.112. The minimum Gasteiger partial charge on any atom is -0.481 e. The molecule has 13 heavy (non-hydrogen) atoms. The van der Waals surface area contributed by atoms with Crippen molar-refractivity contribution in [3.8, 4) is 5.88 Å². The molecule has 0 bridgehead atoms. The first kappa shape index (κ1) is 9.45. The third-order valence-electron chi connectivity index (χ3n) is 1.66. The maximum absolute atomic E-state index is 10.5. The van der Waals surface area contributed by atoms with Crippen molar-refractivity contribution in [3.63, 3.8) is 0 Å². The maximum Gasteiger partial charge on any atom is 0.220 e. The molecule has 0 spiro atoms. The van der Waals surface area contributed by atoms with Crippen LogP contribution in [0.1, 0.15) is 22.8 Å². The quantitative estimate of drug-likeness (QED) is 0.662. The predicted molar refractivity (Wildman–Crippen MR) is 50.9 cm³/mol. The van der Waals surface area contributed by atoms with Crippen LogP contribution in [-0.2, 0) is 0 Å². The number of methoxy groups -OCH3 is 1. The van der Waals surface area contributed by atoms with Crippen LogP contribution >= 0.6 is 0 Å². The molecule has 0 aliphatic rings. The molecule has 1 aromatic heterocycles. The van der Waals surface area contributed by atoms with Crippen LogP contribution in [0.15, 0.2) is 18.8 Å². The Kier molecular flexibility index (Phi) is 2.80. The fourth-order valence-corrected chi connectivity index (χ4v) is 1.00. The molecule has 0 saturated carbocycles. The van der Waals surface area contributed by atoms with Crippen LogP contribution in [0.2, 0.25) is 0 Å². The summed E-state index contributed by atoms with van der Waals surface area (Å²) >= 11 is 0. The van der Waals surface area contributed by atoms with Gasteiger partial charge in [0, 0.05) is 17.3 Å². The van der Waals surface area contributed by atoms with E-state index in [9.17, 15) is 4.79 Å². The second kappa shape index (κ2) is 3.85. The van der Waals surface area contributed by atoms with E-state index in [-0.39, 0.29) is 0 Å². The zero-order valence-electron chi connectivity index (χ0n) is 7.70. The van der Waals surface area contributed by atoms with Crippen molar-refractivity contribution in [2.45, 2.75) is 6.92 Å². The fraction of sp³-hybridized carbons (Fsp3) is 0.200. The topological polar surface area (TPSA) is 39.2 Å². The standard InChI is InChI=1S/C10H11NO2/c1-7(2)9-4-8(6-12)5-11-10(9)13-3/h4-6H,1H2,2-3H3. The fourth-order valence-electron chi connectivity index (χ4n) is 1.00. The SMILES string of the molecule is C=C(C)c1cc(C=O)cnc1OC. The normalized spacial score (nSPS) is 9.38. The van der Waals surface area contributed by atoms with Gasteiger partial charge in [-0.3, -0.25) is 4.79 Å². The molecule has 0 fully saturated rings. The Morgan fingerprint density at radius 2 is 2.38 bits per heavy atom. The Hall–Kier alpha value is -1.64. The van der Waals surface area contributed by atoms with Crippen LogP contribution in [0.25, 0.3) is 5.57 Å². The third-order valence-corrected chi connectivity index (χ3v) is 1.66. The number of rotatable bonds is 3.